The van der Waals surface area contributed by atoms with E-state index in [9.17, 15) is 19.5 Å². The fourth-order valence-corrected chi connectivity index (χ4v) is 3.91. The van der Waals surface area contributed by atoms with Crippen molar-refractivity contribution in [1.82, 2.24) is 4.90 Å². The van der Waals surface area contributed by atoms with E-state index in [1.807, 2.05) is 6.07 Å². The van der Waals surface area contributed by atoms with E-state index in [4.69, 9.17) is 12.2 Å². The number of rotatable bonds is 3. The predicted molar refractivity (Wildman–Crippen MR) is 88.3 cm³/mol. The quantitative estimate of drug-likeness (QED) is 0.581. The average molecular weight is 347 g/mol. The molecule has 2 heterocycles. The monoisotopic (exact) mass is 347 g/mol. The molecule has 2 aliphatic heterocycles. The van der Waals surface area contributed by atoms with Crippen molar-refractivity contribution in [2.45, 2.75) is 6.42 Å². The van der Waals surface area contributed by atoms with Gasteiger partial charge in [-0.05, 0) is 6.07 Å². The van der Waals surface area contributed by atoms with Crippen LogP contribution < -0.4 is 10.0 Å². The van der Waals surface area contributed by atoms with Gasteiger partial charge in [-0.2, -0.15) is 0 Å². The van der Waals surface area contributed by atoms with Crippen LogP contribution in [-0.2, 0) is 14.4 Å². The minimum Gasteiger partial charge on any atom is -0.550 e. The molecule has 0 spiro atoms. The maximum Gasteiger partial charge on any atom is 0.267 e. The van der Waals surface area contributed by atoms with E-state index in [-0.39, 0.29) is 28.1 Å². The van der Waals surface area contributed by atoms with Gasteiger partial charge < -0.3 is 14.8 Å². The number of anilines is 1. The number of para-hydroxylation sites is 1. The third kappa shape index (κ3) is 2.53. The predicted octanol–water partition coefficient (Wildman–Crippen LogP) is 0.374. The van der Waals surface area contributed by atoms with E-state index in [2.05, 4.69) is 0 Å². The van der Waals surface area contributed by atoms with Gasteiger partial charge in [-0.1, -0.05) is 42.2 Å². The van der Waals surface area contributed by atoms with Gasteiger partial charge in [0, 0.05) is 31.5 Å². The fraction of sp³-hybridized carbons (Fsp3) is 0.200. The van der Waals surface area contributed by atoms with Crippen molar-refractivity contribution in [2.75, 3.05) is 18.5 Å². The normalized spacial score (nSPS) is 20.5. The third-order valence-electron chi connectivity index (χ3n) is 3.67. The number of hydrogen-bond acceptors (Lipinski definition) is 6. The summed E-state index contributed by atoms with van der Waals surface area (Å²) in [5.74, 6) is -1.96. The molecule has 118 valence electrons. The number of carbonyl (C=O) groups is 3. The number of thioether (sulfide) groups is 1. The molecule has 0 radical (unpaired) electrons. The molecule has 1 saturated heterocycles. The lowest BCUT2D eigenvalue weighted by Gasteiger charge is -2.14. The second-order valence-corrected chi connectivity index (χ2v) is 6.68. The van der Waals surface area contributed by atoms with Crippen LogP contribution >= 0.6 is 24.0 Å². The van der Waals surface area contributed by atoms with Crippen LogP contribution in [0.15, 0.2) is 29.2 Å². The van der Waals surface area contributed by atoms with Crippen molar-refractivity contribution in [1.29, 1.82) is 0 Å². The van der Waals surface area contributed by atoms with E-state index in [0.717, 1.165) is 17.4 Å². The van der Waals surface area contributed by atoms with Crippen molar-refractivity contribution >= 4 is 57.3 Å². The van der Waals surface area contributed by atoms with Crippen LogP contribution in [-0.4, -0.2) is 40.6 Å². The topological polar surface area (TPSA) is 80.8 Å². The van der Waals surface area contributed by atoms with Gasteiger partial charge in [-0.3, -0.25) is 14.5 Å². The Bertz CT molecular complexity index is 787. The van der Waals surface area contributed by atoms with Crippen molar-refractivity contribution in [3.63, 3.8) is 0 Å². The summed E-state index contributed by atoms with van der Waals surface area (Å²) in [5.41, 5.74) is 1.73. The standard InChI is InChI=1S/C15H12N2O4S2/c1-16-9-5-3-2-4-8(9)11(13(16)20)12-14(21)17(15(22)23-12)7-6-10(18)19/h2-5H,6-7H2,1H3,(H,18,19)/p-1. The molecule has 0 aliphatic carbocycles. The first-order valence-electron chi connectivity index (χ1n) is 6.77. The van der Waals surface area contributed by atoms with Gasteiger partial charge in [0.1, 0.15) is 4.32 Å². The fourth-order valence-electron chi connectivity index (χ4n) is 2.53. The highest BCUT2D eigenvalue weighted by Gasteiger charge is 2.40. The van der Waals surface area contributed by atoms with Crippen LogP contribution in [0.25, 0.3) is 5.57 Å². The minimum atomic E-state index is -1.26. The highest BCUT2D eigenvalue weighted by atomic mass is 32.2. The third-order valence-corrected chi connectivity index (χ3v) is 5.12. The highest BCUT2D eigenvalue weighted by molar-refractivity contribution is 8.26. The lowest BCUT2D eigenvalue weighted by atomic mass is 10.1. The Morgan fingerprint density at radius 3 is 2.65 bits per heavy atom. The van der Waals surface area contributed by atoms with Gasteiger partial charge in [0.2, 0.25) is 0 Å². The molecule has 0 unspecified atom stereocenters. The molecule has 0 bridgehead atoms. The van der Waals surface area contributed by atoms with Gasteiger partial charge in [0.25, 0.3) is 11.8 Å². The first-order chi connectivity index (χ1) is 10.9. The van der Waals surface area contributed by atoms with Gasteiger partial charge in [0.15, 0.2) is 0 Å². The van der Waals surface area contributed by atoms with Crippen LogP contribution in [0.4, 0.5) is 5.69 Å². The zero-order valence-corrected chi connectivity index (χ0v) is 13.7. The van der Waals surface area contributed by atoms with Crippen molar-refractivity contribution in [3.8, 4) is 0 Å². The molecule has 8 heteroatoms. The molecular weight excluding hydrogens is 336 g/mol. The Kier molecular flexibility index (Phi) is 3.95. The number of carbonyl (C=O) groups excluding carboxylic acids is 3. The van der Waals surface area contributed by atoms with Gasteiger partial charge in [-0.25, -0.2) is 0 Å². The lowest BCUT2D eigenvalue weighted by molar-refractivity contribution is -0.305. The van der Waals surface area contributed by atoms with E-state index >= 15 is 0 Å². The first-order valence-corrected chi connectivity index (χ1v) is 7.99. The maximum atomic E-state index is 12.6. The zero-order valence-electron chi connectivity index (χ0n) is 12.1. The molecule has 1 aromatic carbocycles. The summed E-state index contributed by atoms with van der Waals surface area (Å²) in [6.45, 7) is -0.0601. The van der Waals surface area contributed by atoms with Crippen LogP contribution in [0, 0.1) is 0 Å². The Hall–Kier alpha value is -2.19. The maximum absolute atomic E-state index is 12.6. The summed E-state index contributed by atoms with van der Waals surface area (Å²) in [6, 6.07) is 7.19. The average Bonchev–Trinajstić information content (AvgIpc) is 2.93. The van der Waals surface area contributed by atoms with Crippen molar-refractivity contribution < 1.29 is 19.5 Å². The summed E-state index contributed by atoms with van der Waals surface area (Å²) >= 11 is 6.17. The number of likely N-dealkylation sites (N-methyl/N-ethyl adjacent to an activating group) is 1. The van der Waals surface area contributed by atoms with E-state index in [0.29, 0.717) is 11.1 Å². The summed E-state index contributed by atoms with van der Waals surface area (Å²) in [5, 5.41) is 10.6. The number of thiocarbonyl (C=S) groups is 1. The molecule has 2 aliphatic rings. The number of hydrogen-bond donors (Lipinski definition) is 0. The Morgan fingerprint density at radius 2 is 1.96 bits per heavy atom. The van der Waals surface area contributed by atoms with Gasteiger partial charge >= 0.3 is 0 Å². The number of benzene rings is 1. The molecule has 3 rings (SSSR count). The summed E-state index contributed by atoms with van der Waals surface area (Å²) in [7, 11) is 1.64. The number of fused-ring (bicyclic) bond motifs is 1. The molecule has 0 aromatic heterocycles. The molecule has 2 amide bonds. The zero-order chi connectivity index (χ0) is 16.7. The number of carboxylic acid groups (broad SMARTS) is 1. The summed E-state index contributed by atoms with van der Waals surface area (Å²) < 4.78 is 0.249. The van der Waals surface area contributed by atoms with Crippen LogP contribution in [0.2, 0.25) is 0 Å². The molecule has 1 aromatic rings. The molecule has 0 atom stereocenters. The van der Waals surface area contributed by atoms with Crippen molar-refractivity contribution in [3.05, 3.63) is 34.7 Å². The SMILES string of the molecule is CN1C(=O)C(=C2SC(=S)N(CCC(=O)[O-])C2=O)c2ccccc21. The van der Waals surface area contributed by atoms with Crippen molar-refractivity contribution in [2.24, 2.45) is 0 Å². The first kappa shape index (κ1) is 15.7. The Morgan fingerprint density at radius 1 is 1.26 bits per heavy atom. The molecule has 0 N–H and O–H groups in total. The van der Waals surface area contributed by atoms with Crippen LogP contribution in [0.5, 0.6) is 0 Å². The van der Waals surface area contributed by atoms with E-state index < -0.39 is 11.9 Å². The molecule has 6 nitrogen and oxygen atoms in total. The summed E-state index contributed by atoms with van der Waals surface area (Å²) in [4.78, 5) is 38.6. The molecule has 1 fully saturated rings. The number of nitrogens with zero attached hydrogens (tertiary/aromatic N) is 2. The number of amides is 2. The second kappa shape index (κ2) is 5.78. The lowest BCUT2D eigenvalue weighted by Crippen LogP contribution is -2.34. The van der Waals surface area contributed by atoms with E-state index in [1.165, 1.54) is 9.80 Å². The van der Waals surface area contributed by atoms with Crippen LogP contribution in [0.3, 0.4) is 0 Å². The number of aliphatic carboxylic acids is 1. The van der Waals surface area contributed by atoms with Crippen LogP contribution in [0.1, 0.15) is 12.0 Å². The second-order valence-electron chi connectivity index (χ2n) is 5.03. The number of carboxylic acids is 1. The smallest absolute Gasteiger partial charge is 0.267 e. The molecule has 23 heavy (non-hydrogen) atoms. The minimum absolute atomic E-state index is 0.0601. The van der Waals surface area contributed by atoms with E-state index in [1.54, 1.807) is 25.2 Å². The Balaban J connectivity index is 2.03. The van der Waals surface area contributed by atoms with Gasteiger partial charge in [-0.15, -0.1) is 0 Å². The van der Waals surface area contributed by atoms with Gasteiger partial charge in [0.05, 0.1) is 16.2 Å². The summed E-state index contributed by atoms with van der Waals surface area (Å²) in [6.07, 6.45) is -0.306. The molecule has 0 saturated carbocycles. The highest BCUT2D eigenvalue weighted by Crippen LogP contribution is 2.43. The molecular formula is C15H11N2O4S2-. The Labute approximate surface area is 141 Å². The largest absolute Gasteiger partial charge is 0.550 e.